The Morgan fingerprint density at radius 1 is 1.30 bits per heavy atom. The van der Waals surface area contributed by atoms with Crippen LogP contribution in [0.25, 0.3) is 0 Å². The number of fused-ring (bicyclic) bond motifs is 1. The van der Waals surface area contributed by atoms with E-state index in [2.05, 4.69) is 10.6 Å². The van der Waals surface area contributed by atoms with E-state index >= 15 is 0 Å². The molecule has 20 heavy (non-hydrogen) atoms. The monoisotopic (exact) mass is 273 g/mol. The second-order valence-corrected chi connectivity index (χ2v) is 4.98. The zero-order valence-corrected chi connectivity index (χ0v) is 10.9. The smallest absolute Gasteiger partial charge is 0.322 e. The molecule has 0 radical (unpaired) electrons. The van der Waals surface area contributed by atoms with Crippen molar-refractivity contribution in [3.63, 3.8) is 0 Å². The number of nitrogens with one attached hydrogen (secondary N) is 2. The highest BCUT2D eigenvalue weighted by molar-refractivity contribution is 6.04. The minimum Gasteiger partial charge on any atom is -0.326 e. The van der Waals surface area contributed by atoms with Gasteiger partial charge < -0.3 is 10.2 Å². The summed E-state index contributed by atoms with van der Waals surface area (Å²) in [6.07, 6.45) is 1.43. The molecule has 0 spiro atoms. The molecule has 2 aliphatic rings. The molecule has 6 nitrogen and oxygen atoms in total. The summed E-state index contributed by atoms with van der Waals surface area (Å²) in [6, 6.07) is 6.75. The molecule has 1 atom stereocenters. The topological polar surface area (TPSA) is 78.5 Å². The van der Waals surface area contributed by atoms with E-state index in [1.54, 1.807) is 4.90 Å². The number of nitrogens with zero attached hydrogens (tertiary/aromatic N) is 1. The maximum Gasteiger partial charge on any atom is 0.322 e. The van der Waals surface area contributed by atoms with Gasteiger partial charge in [-0.15, -0.1) is 0 Å². The number of urea groups is 1. The molecule has 1 saturated heterocycles. The van der Waals surface area contributed by atoms with Crippen LogP contribution in [-0.2, 0) is 16.0 Å². The number of benzene rings is 1. The Kier molecular flexibility index (Phi) is 3.14. The molecule has 2 heterocycles. The van der Waals surface area contributed by atoms with Crippen LogP contribution >= 0.6 is 0 Å². The van der Waals surface area contributed by atoms with Gasteiger partial charge in [-0.2, -0.15) is 0 Å². The van der Waals surface area contributed by atoms with Gasteiger partial charge in [-0.25, -0.2) is 4.79 Å². The predicted octanol–water partition coefficient (Wildman–Crippen LogP) is 0.564. The molecule has 3 rings (SSSR count). The van der Waals surface area contributed by atoms with Gasteiger partial charge in [0, 0.05) is 18.7 Å². The number of imide groups is 1. The number of rotatable bonds is 3. The van der Waals surface area contributed by atoms with Crippen molar-refractivity contribution in [3.8, 4) is 0 Å². The summed E-state index contributed by atoms with van der Waals surface area (Å²) in [6.45, 7) is 0.682. The van der Waals surface area contributed by atoms with Gasteiger partial charge in [0.2, 0.25) is 5.91 Å². The first-order valence-corrected chi connectivity index (χ1v) is 6.65. The highest BCUT2D eigenvalue weighted by atomic mass is 16.2. The van der Waals surface area contributed by atoms with Crippen LogP contribution in [0.15, 0.2) is 24.3 Å². The molecule has 4 amide bonds. The summed E-state index contributed by atoms with van der Waals surface area (Å²) in [5, 5.41) is 4.66. The lowest BCUT2D eigenvalue weighted by atomic mass is 10.1. The molecule has 0 unspecified atom stereocenters. The van der Waals surface area contributed by atoms with Crippen molar-refractivity contribution in [1.82, 2.24) is 10.6 Å². The van der Waals surface area contributed by atoms with Crippen molar-refractivity contribution >= 4 is 23.5 Å². The molecule has 1 aromatic rings. The van der Waals surface area contributed by atoms with Crippen LogP contribution in [0.4, 0.5) is 10.5 Å². The number of para-hydroxylation sites is 1. The van der Waals surface area contributed by atoms with Crippen LogP contribution in [0.5, 0.6) is 0 Å². The first-order valence-electron chi connectivity index (χ1n) is 6.65. The lowest BCUT2D eigenvalue weighted by molar-refractivity contribution is -0.121. The van der Waals surface area contributed by atoms with Crippen molar-refractivity contribution in [1.29, 1.82) is 0 Å². The van der Waals surface area contributed by atoms with Gasteiger partial charge in [0.15, 0.2) is 0 Å². The number of carbonyl (C=O) groups is 3. The zero-order chi connectivity index (χ0) is 14.1. The number of hydrogen-bond acceptors (Lipinski definition) is 3. The summed E-state index contributed by atoms with van der Waals surface area (Å²) in [5.74, 6) is -0.367. The third-order valence-electron chi connectivity index (χ3n) is 3.69. The van der Waals surface area contributed by atoms with Gasteiger partial charge in [-0.05, 0) is 24.5 Å². The quantitative estimate of drug-likeness (QED) is 0.790. The Morgan fingerprint density at radius 3 is 2.85 bits per heavy atom. The first-order chi connectivity index (χ1) is 9.65. The van der Waals surface area contributed by atoms with Crippen molar-refractivity contribution in [2.24, 2.45) is 0 Å². The van der Waals surface area contributed by atoms with E-state index in [1.165, 1.54) is 5.56 Å². The van der Waals surface area contributed by atoms with Crippen molar-refractivity contribution in [2.75, 3.05) is 11.4 Å². The third-order valence-corrected chi connectivity index (χ3v) is 3.69. The zero-order valence-electron chi connectivity index (χ0n) is 10.9. The molecule has 0 aliphatic carbocycles. The van der Waals surface area contributed by atoms with Gasteiger partial charge >= 0.3 is 6.03 Å². The minimum absolute atomic E-state index is 0.0103. The Labute approximate surface area is 116 Å². The molecular formula is C14H15N3O3. The summed E-state index contributed by atoms with van der Waals surface area (Å²) < 4.78 is 0. The number of amides is 4. The fraction of sp³-hybridized carbons (Fsp3) is 0.357. The second-order valence-electron chi connectivity index (χ2n) is 4.98. The molecule has 104 valence electrons. The Hall–Kier alpha value is -2.37. The van der Waals surface area contributed by atoms with Crippen LogP contribution in [-0.4, -0.2) is 30.4 Å². The summed E-state index contributed by atoms with van der Waals surface area (Å²) in [5.41, 5.74) is 2.13. The molecule has 1 fully saturated rings. The van der Waals surface area contributed by atoms with Crippen LogP contribution in [0.2, 0.25) is 0 Å². The van der Waals surface area contributed by atoms with Crippen LogP contribution < -0.4 is 15.5 Å². The van der Waals surface area contributed by atoms with Gasteiger partial charge in [0.05, 0.1) is 0 Å². The van der Waals surface area contributed by atoms with E-state index < -0.39 is 12.1 Å². The average Bonchev–Trinajstić information content (AvgIpc) is 2.99. The van der Waals surface area contributed by atoms with Crippen LogP contribution in [0.3, 0.4) is 0 Å². The summed E-state index contributed by atoms with van der Waals surface area (Å²) in [7, 11) is 0. The van der Waals surface area contributed by atoms with Gasteiger partial charge in [-0.1, -0.05) is 18.2 Å². The molecule has 0 bridgehead atoms. The average molecular weight is 273 g/mol. The number of hydrogen-bond donors (Lipinski definition) is 2. The minimum atomic E-state index is -0.593. The largest absolute Gasteiger partial charge is 0.326 e. The van der Waals surface area contributed by atoms with Crippen molar-refractivity contribution in [2.45, 2.75) is 25.3 Å². The molecule has 0 saturated carbocycles. The number of carbonyl (C=O) groups excluding carboxylic acids is 3. The van der Waals surface area contributed by atoms with E-state index in [-0.39, 0.29) is 18.2 Å². The van der Waals surface area contributed by atoms with Gasteiger partial charge in [-0.3, -0.25) is 14.9 Å². The Balaban J connectivity index is 1.61. The standard InChI is InChI=1S/C14H15N3O3/c18-12(6-5-10-13(19)16-14(20)15-10)17-8-7-9-3-1-2-4-11(9)17/h1-4,10H,5-8H2,(H2,15,16,19,20)/t10-/m0/s1. The normalized spacial score (nSPS) is 20.6. The molecule has 0 aromatic heterocycles. The fourth-order valence-corrected chi connectivity index (χ4v) is 2.66. The van der Waals surface area contributed by atoms with E-state index in [1.807, 2.05) is 24.3 Å². The van der Waals surface area contributed by atoms with Crippen LogP contribution in [0, 0.1) is 0 Å². The van der Waals surface area contributed by atoms with Gasteiger partial charge in [0.25, 0.3) is 5.91 Å². The highest BCUT2D eigenvalue weighted by Crippen LogP contribution is 2.28. The van der Waals surface area contributed by atoms with Crippen molar-refractivity contribution in [3.05, 3.63) is 29.8 Å². The maximum atomic E-state index is 12.2. The summed E-state index contributed by atoms with van der Waals surface area (Å²) in [4.78, 5) is 36.4. The molecule has 1 aromatic carbocycles. The Morgan fingerprint density at radius 2 is 2.10 bits per heavy atom. The van der Waals surface area contributed by atoms with Gasteiger partial charge in [0.1, 0.15) is 6.04 Å². The molecule has 2 aliphatic heterocycles. The SMILES string of the molecule is O=C1NC(=O)[C@H](CCC(=O)N2CCc3ccccc32)N1. The molecule has 2 N–H and O–H groups in total. The second kappa shape index (κ2) is 4.96. The maximum absolute atomic E-state index is 12.2. The molecular weight excluding hydrogens is 258 g/mol. The predicted molar refractivity (Wildman–Crippen MR) is 72.2 cm³/mol. The van der Waals surface area contributed by atoms with Crippen molar-refractivity contribution < 1.29 is 14.4 Å². The first kappa shape index (κ1) is 12.7. The summed E-state index contributed by atoms with van der Waals surface area (Å²) >= 11 is 0. The van der Waals surface area contributed by atoms with E-state index in [4.69, 9.17) is 0 Å². The third kappa shape index (κ3) is 2.24. The van der Waals surface area contributed by atoms with Crippen LogP contribution in [0.1, 0.15) is 18.4 Å². The number of anilines is 1. The highest BCUT2D eigenvalue weighted by Gasteiger charge is 2.31. The molecule has 6 heteroatoms. The fourth-order valence-electron chi connectivity index (χ4n) is 2.66. The lowest BCUT2D eigenvalue weighted by Crippen LogP contribution is -2.33. The lowest BCUT2D eigenvalue weighted by Gasteiger charge is -2.18. The van der Waals surface area contributed by atoms with E-state index in [0.717, 1.165) is 12.1 Å². The van der Waals surface area contributed by atoms with E-state index in [9.17, 15) is 14.4 Å². The van der Waals surface area contributed by atoms with E-state index in [0.29, 0.717) is 13.0 Å². The Bertz CT molecular complexity index is 585.